The van der Waals surface area contributed by atoms with Crippen molar-refractivity contribution in [3.8, 4) is 0 Å². The molecule has 0 saturated heterocycles. The molecule has 0 aliphatic rings. The van der Waals surface area contributed by atoms with Crippen LogP contribution in [0.15, 0.2) is 46.9 Å². The number of para-hydroxylation sites is 3. The molecule has 0 spiro atoms. The second kappa shape index (κ2) is 5.92. The lowest BCUT2D eigenvalue weighted by Gasteiger charge is -2.21. The van der Waals surface area contributed by atoms with Crippen LogP contribution >= 0.6 is 11.3 Å². The molecule has 4 rings (SSSR count). The van der Waals surface area contributed by atoms with Crippen LogP contribution in [0.2, 0.25) is 0 Å². The summed E-state index contributed by atoms with van der Waals surface area (Å²) >= 11 is 1.79. The summed E-state index contributed by atoms with van der Waals surface area (Å²) in [5.74, 6) is 0.780. The summed E-state index contributed by atoms with van der Waals surface area (Å²) in [5, 5.41) is 1.18. The SMILES string of the molecule is CC(C)(C)c1nc2c(CC(C)(C)c3nc4ccccc4o3)cccc2s1. The molecule has 2 aromatic heterocycles. The van der Waals surface area contributed by atoms with Crippen LogP contribution in [0.25, 0.3) is 21.3 Å². The molecule has 26 heavy (non-hydrogen) atoms. The molecule has 4 heteroatoms. The quantitative estimate of drug-likeness (QED) is 0.431. The minimum absolute atomic E-state index is 0.0662. The van der Waals surface area contributed by atoms with Crippen molar-refractivity contribution in [1.29, 1.82) is 0 Å². The van der Waals surface area contributed by atoms with Crippen LogP contribution in [-0.2, 0) is 17.3 Å². The number of nitrogens with zero attached hydrogens (tertiary/aromatic N) is 2. The van der Waals surface area contributed by atoms with Gasteiger partial charge in [0.1, 0.15) is 5.52 Å². The molecule has 4 aromatic rings. The van der Waals surface area contributed by atoms with Crippen LogP contribution in [0, 0.1) is 0 Å². The first-order valence-electron chi connectivity index (χ1n) is 8.99. The second-order valence-electron chi connectivity index (χ2n) is 8.58. The Bertz CT molecular complexity index is 1050. The average Bonchev–Trinajstić information content (AvgIpc) is 3.19. The van der Waals surface area contributed by atoms with Crippen molar-refractivity contribution in [3.05, 3.63) is 58.9 Å². The van der Waals surface area contributed by atoms with Crippen molar-refractivity contribution in [2.45, 2.75) is 51.9 Å². The van der Waals surface area contributed by atoms with Crippen LogP contribution < -0.4 is 0 Å². The summed E-state index contributed by atoms with van der Waals surface area (Å²) < 4.78 is 7.30. The van der Waals surface area contributed by atoms with Gasteiger partial charge in [0.2, 0.25) is 5.89 Å². The van der Waals surface area contributed by atoms with Gasteiger partial charge >= 0.3 is 0 Å². The third kappa shape index (κ3) is 3.03. The highest BCUT2D eigenvalue weighted by Crippen LogP contribution is 2.36. The van der Waals surface area contributed by atoms with Crippen molar-refractivity contribution >= 4 is 32.7 Å². The molecule has 0 atom stereocenters. The maximum absolute atomic E-state index is 6.05. The van der Waals surface area contributed by atoms with E-state index in [-0.39, 0.29) is 10.8 Å². The van der Waals surface area contributed by atoms with Crippen LogP contribution in [-0.4, -0.2) is 9.97 Å². The number of aromatic nitrogens is 2. The number of hydrogen-bond donors (Lipinski definition) is 0. The van der Waals surface area contributed by atoms with Crippen LogP contribution in [0.5, 0.6) is 0 Å². The minimum Gasteiger partial charge on any atom is -0.440 e. The smallest absolute Gasteiger partial charge is 0.201 e. The van der Waals surface area contributed by atoms with Gasteiger partial charge in [0.15, 0.2) is 5.58 Å². The summed E-state index contributed by atoms with van der Waals surface area (Å²) in [7, 11) is 0. The molecule has 2 aromatic carbocycles. The summed E-state index contributed by atoms with van der Waals surface area (Å²) in [6.45, 7) is 11.0. The molecule has 0 saturated carbocycles. The predicted molar refractivity (Wildman–Crippen MR) is 109 cm³/mol. The van der Waals surface area contributed by atoms with Gasteiger partial charge in [-0.15, -0.1) is 11.3 Å². The summed E-state index contributed by atoms with van der Waals surface area (Å²) in [6, 6.07) is 14.4. The van der Waals surface area contributed by atoms with E-state index in [2.05, 4.69) is 52.8 Å². The van der Waals surface area contributed by atoms with E-state index in [9.17, 15) is 0 Å². The van der Waals surface area contributed by atoms with Crippen molar-refractivity contribution in [1.82, 2.24) is 9.97 Å². The van der Waals surface area contributed by atoms with E-state index in [1.54, 1.807) is 11.3 Å². The zero-order valence-electron chi connectivity index (χ0n) is 16.0. The molecule has 0 fully saturated rings. The number of fused-ring (bicyclic) bond motifs is 2. The Morgan fingerprint density at radius 3 is 2.42 bits per heavy atom. The Labute approximate surface area is 158 Å². The molecular formula is C22H24N2OS. The Kier molecular flexibility index (Phi) is 3.92. The summed E-state index contributed by atoms with van der Waals surface area (Å²) in [6.07, 6.45) is 0.838. The fraction of sp³-hybridized carbons (Fsp3) is 0.364. The summed E-state index contributed by atoms with van der Waals surface area (Å²) in [4.78, 5) is 9.69. The Morgan fingerprint density at radius 1 is 0.923 bits per heavy atom. The lowest BCUT2D eigenvalue weighted by Crippen LogP contribution is -2.21. The number of oxazole rings is 1. The molecular weight excluding hydrogens is 340 g/mol. The first-order chi connectivity index (χ1) is 12.2. The molecule has 0 aliphatic heterocycles. The van der Waals surface area contributed by atoms with Gasteiger partial charge in [0.25, 0.3) is 0 Å². The monoisotopic (exact) mass is 364 g/mol. The molecule has 0 amide bonds. The zero-order valence-corrected chi connectivity index (χ0v) is 16.8. The molecule has 0 bridgehead atoms. The Morgan fingerprint density at radius 2 is 1.69 bits per heavy atom. The van der Waals surface area contributed by atoms with Gasteiger partial charge in [-0.05, 0) is 30.2 Å². The van der Waals surface area contributed by atoms with Gasteiger partial charge in [0, 0.05) is 10.8 Å². The molecule has 0 N–H and O–H groups in total. The fourth-order valence-corrected chi connectivity index (χ4v) is 4.25. The van der Waals surface area contributed by atoms with Gasteiger partial charge in [0.05, 0.1) is 15.2 Å². The second-order valence-corrected chi connectivity index (χ2v) is 9.61. The van der Waals surface area contributed by atoms with Crippen molar-refractivity contribution in [2.24, 2.45) is 0 Å². The van der Waals surface area contributed by atoms with Crippen LogP contribution in [0.4, 0.5) is 0 Å². The average molecular weight is 365 g/mol. The molecule has 0 aliphatic carbocycles. The van der Waals surface area contributed by atoms with Crippen LogP contribution in [0.1, 0.15) is 51.1 Å². The van der Waals surface area contributed by atoms with E-state index < -0.39 is 0 Å². The summed E-state index contributed by atoms with van der Waals surface area (Å²) in [5.41, 5.74) is 3.98. The van der Waals surface area contributed by atoms with Gasteiger partial charge in [-0.1, -0.05) is 58.9 Å². The van der Waals surface area contributed by atoms with E-state index in [4.69, 9.17) is 14.4 Å². The highest BCUT2D eigenvalue weighted by atomic mass is 32.1. The van der Waals surface area contributed by atoms with Crippen molar-refractivity contribution in [2.75, 3.05) is 0 Å². The van der Waals surface area contributed by atoms with Gasteiger partial charge < -0.3 is 4.42 Å². The highest BCUT2D eigenvalue weighted by Gasteiger charge is 2.29. The molecule has 2 heterocycles. The maximum atomic E-state index is 6.05. The highest BCUT2D eigenvalue weighted by molar-refractivity contribution is 7.18. The Balaban J connectivity index is 1.74. The minimum atomic E-state index is -0.210. The molecule has 0 radical (unpaired) electrons. The molecule has 134 valence electrons. The fourth-order valence-electron chi connectivity index (χ4n) is 3.18. The standard InChI is InChI=1S/C22H24N2OS/c1-21(2,3)20-24-18-14(9-8-12-17(18)26-20)13-22(4,5)19-23-15-10-6-7-11-16(15)25-19/h6-12H,13H2,1-5H3. The third-order valence-corrected chi connectivity index (χ3v) is 6.10. The zero-order chi connectivity index (χ0) is 18.5. The Hall–Kier alpha value is -2.20. The maximum Gasteiger partial charge on any atom is 0.201 e. The van der Waals surface area contributed by atoms with Gasteiger partial charge in [-0.2, -0.15) is 0 Å². The topological polar surface area (TPSA) is 38.9 Å². The first kappa shape index (κ1) is 17.2. The number of rotatable bonds is 3. The van der Waals surface area contributed by atoms with Gasteiger partial charge in [-0.3, -0.25) is 0 Å². The van der Waals surface area contributed by atoms with E-state index >= 15 is 0 Å². The van der Waals surface area contributed by atoms with E-state index in [0.717, 1.165) is 28.9 Å². The molecule has 3 nitrogen and oxygen atoms in total. The van der Waals surface area contributed by atoms with E-state index in [0.29, 0.717) is 0 Å². The number of thiazole rings is 1. The molecule has 0 unspecified atom stereocenters. The number of hydrogen-bond acceptors (Lipinski definition) is 4. The van der Waals surface area contributed by atoms with E-state index in [1.807, 2.05) is 24.3 Å². The van der Waals surface area contributed by atoms with Crippen LogP contribution in [0.3, 0.4) is 0 Å². The normalized spacial score (nSPS) is 13.0. The predicted octanol–water partition coefficient (Wildman–Crippen LogP) is 6.26. The lowest BCUT2D eigenvalue weighted by molar-refractivity contribution is 0.382. The largest absolute Gasteiger partial charge is 0.440 e. The first-order valence-corrected chi connectivity index (χ1v) is 9.81. The van der Waals surface area contributed by atoms with E-state index in [1.165, 1.54) is 15.3 Å². The lowest BCUT2D eigenvalue weighted by atomic mass is 9.85. The number of benzene rings is 2. The van der Waals surface area contributed by atoms with Crippen molar-refractivity contribution < 1.29 is 4.42 Å². The van der Waals surface area contributed by atoms with Gasteiger partial charge in [-0.25, -0.2) is 9.97 Å². The van der Waals surface area contributed by atoms with Crippen molar-refractivity contribution in [3.63, 3.8) is 0 Å². The third-order valence-electron chi connectivity index (χ3n) is 4.65.